The number of hydrogen-bond donors (Lipinski definition) is 1. The number of nitrogens with one attached hydrogen (secondary N) is 1. The van der Waals surface area contributed by atoms with Crippen molar-refractivity contribution in [3.05, 3.63) is 59.5 Å². The highest BCUT2D eigenvalue weighted by Gasteiger charge is 2.22. The molecule has 7 heteroatoms. The van der Waals surface area contributed by atoms with E-state index in [0.29, 0.717) is 13.1 Å². The lowest BCUT2D eigenvalue weighted by atomic mass is 10.2. The van der Waals surface area contributed by atoms with E-state index in [9.17, 15) is 4.39 Å². The summed E-state index contributed by atoms with van der Waals surface area (Å²) in [6.07, 6.45) is 2.32. The molecule has 1 fully saturated rings. The average Bonchev–Trinajstić information content (AvgIpc) is 2.70. The van der Waals surface area contributed by atoms with Crippen LogP contribution in [0.15, 0.2) is 47.6 Å². The maximum Gasteiger partial charge on any atom is 0.193 e. The first-order valence-electron chi connectivity index (χ1n) is 9.96. The Balaban J connectivity index is 1.54. The highest BCUT2D eigenvalue weighted by atomic mass is 19.1. The van der Waals surface area contributed by atoms with Gasteiger partial charge in [0, 0.05) is 46.5 Å². The zero-order valence-electron chi connectivity index (χ0n) is 17.6. The number of aliphatic imine (C=N–C) groups is 1. The molecule has 2 atom stereocenters. The van der Waals surface area contributed by atoms with Gasteiger partial charge >= 0.3 is 0 Å². The third kappa shape index (κ3) is 5.90. The van der Waals surface area contributed by atoms with Gasteiger partial charge in [-0.05, 0) is 43.2 Å². The van der Waals surface area contributed by atoms with Crippen molar-refractivity contribution < 1.29 is 9.13 Å². The summed E-state index contributed by atoms with van der Waals surface area (Å²) >= 11 is 0. The van der Waals surface area contributed by atoms with Crippen LogP contribution in [0.2, 0.25) is 0 Å². The lowest BCUT2D eigenvalue weighted by molar-refractivity contribution is -0.00545. The van der Waals surface area contributed by atoms with Gasteiger partial charge in [-0.1, -0.05) is 18.2 Å². The Morgan fingerprint density at radius 1 is 1.17 bits per heavy atom. The van der Waals surface area contributed by atoms with E-state index in [1.54, 1.807) is 19.2 Å². The molecule has 29 heavy (non-hydrogen) atoms. The number of morpholine rings is 1. The fourth-order valence-electron chi connectivity index (χ4n) is 3.58. The Bertz CT molecular complexity index is 799. The van der Waals surface area contributed by atoms with Gasteiger partial charge in [-0.25, -0.2) is 9.37 Å². The SMILES string of the molecule is CN=C(NCc1ccc(N2CC(C)OC(C)C2)nc1)N(C)Cc1ccc(F)cc1. The number of benzene rings is 1. The number of aromatic nitrogens is 1. The van der Waals surface area contributed by atoms with E-state index in [0.717, 1.165) is 36.0 Å². The predicted octanol–water partition coefficient (Wildman–Crippen LogP) is 3.04. The van der Waals surface area contributed by atoms with Crippen LogP contribution in [0.25, 0.3) is 0 Å². The van der Waals surface area contributed by atoms with Gasteiger partial charge in [-0.15, -0.1) is 0 Å². The molecular weight excluding hydrogens is 369 g/mol. The number of anilines is 1. The van der Waals surface area contributed by atoms with Gasteiger partial charge in [0.05, 0.1) is 12.2 Å². The Hall–Kier alpha value is -2.67. The average molecular weight is 400 g/mol. The van der Waals surface area contributed by atoms with Crippen LogP contribution in [0.3, 0.4) is 0 Å². The Morgan fingerprint density at radius 2 is 1.83 bits per heavy atom. The van der Waals surface area contributed by atoms with Crippen molar-refractivity contribution in [3.8, 4) is 0 Å². The fraction of sp³-hybridized carbons (Fsp3) is 0.455. The number of hydrogen-bond acceptors (Lipinski definition) is 4. The van der Waals surface area contributed by atoms with E-state index in [1.807, 2.05) is 18.1 Å². The van der Waals surface area contributed by atoms with Crippen LogP contribution in [-0.4, -0.2) is 55.2 Å². The Morgan fingerprint density at radius 3 is 2.41 bits per heavy atom. The number of ether oxygens (including phenoxy) is 1. The summed E-state index contributed by atoms with van der Waals surface area (Å²) in [5.41, 5.74) is 2.11. The molecule has 1 aromatic carbocycles. The van der Waals surface area contributed by atoms with E-state index in [1.165, 1.54) is 12.1 Å². The molecule has 2 heterocycles. The molecule has 2 aromatic rings. The predicted molar refractivity (Wildman–Crippen MR) is 115 cm³/mol. The third-order valence-electron chi connectivity index (χ3n) is 4.91. The van der Waals surface area contributed by atoms with Gasteiger partial charge in [-0.2, -0.15) is 0 Å². The minimum atomic E-state index is -0.226. The molecule has 2 unspecified atom stereocenters. The first-order chi connectivity index (χ1) is 13.9. The van der Waals surface area contributed by atoms with Crippen molar-refractivity contribution >= 4 is 11.8 Å². The second-order valence-corrected chi connectivity index (χ2v) is 7.57. The van der Waals surface area contributed by atoms with Gasteiger partial charge in [0.25, 0.3) is 0 Å². The second-order valence-electron chi connectivity index (χ2n) is 7.57. The van der Waals surface area contributed by atoms with Gasteiger partial charge in [0.2, 0.25) is 0 Å². The van der Waals surface area contributed by atoms with Crippen LogP contribution in [0.5, 0.6) is 0 Å². The van der Waals surface area contributed by atoms with Gasteiger partial charge in [0.15, 0.2) is 5.96 Å². The van der Waals surface area contributed by atoms with Crippen LogP contribution in [0, 0.1) is 5.82 Å². The van der Waals surface area contributed by atoms with Crippen LogP contribution in [0.1, 0.15) is 25.0 Å². The van der Waals surface area contributed by atoms with Crippen LogP contribution >= 0.6 is 0 Å². The molecular formula is C22H30FN5O. The van der Waals surface area contributed by atoms with Gasteiger partial charge < -0.3 is 19.9 Å². The quantitative estimate of drug-likeness (QED) is 0.619. The molecule has 3 rings (SSSR count). The fourth-order valence-corrected chi connectivity index (χ4v) is 3.58. The molecule has 0 saturated carbocycles. The van der Waals surface area contributed by atoms with Crippen molar-refractivity contribution in [2.45, 2.75) is 39.1 Å². The summed E-state index contributed by atoms with van der Waals surface area (Å²) < 4.78 is 18.9. The number of guanidine groups is 1. The molecule has 1 aliphatic heterocycles. The van der Waals surface area contributed by atoms with Crippen molar-refractivity contribution in [1.29, 1.82) is 0 Å². The summed E-state index contributed by atoms with van der Waals surface area (Å²) in [4.78, 5) is 13.3. The van der Waals surface area contributed by atoms with E-state index in [2.05, 4.69) is 46.2 Å². The molecule has 6 nitrogen and oxygen atoms in total. The summed E-state index contributed by atoms with van der Waals surface area (Å²) in [5, 5.41) is 3.36. The maximum absolute atomic E-state index is 13.1. The zero-order chi connectivity index (χ0) is 20.8. The van der Waals surface area contributed by atoms with E-state index in [-0.39, 0.29) is 18.0 Å². The molecule has 1 N–H and O–H groups in total. The molecule has 1 aromatic heterocycles. The normalized spacial score (nSPS) is 19.9. The Kier molecular flexibility index (Phi) is 7.04. The van der Waals surface area contributed by atoms with Crippen LogP contribution in [0.4, 0.5) is 10.2 Å². The number of halogens is 1. The van der Waals surface area contributed by atoms with Gasteiger partial charge in [-0.3, -0.25) is 4.99 Å². The largest absolute Gasteiger partial charge is 0.372 e. The van der Waals surface area contributed by atoms with Crippen molar-refractivity contribution in [1.82, 2.24) is 15.2 Å². The molecule has 1 aliphatic rings. The van der Waals surface area contributed by atoms with E-state index in [4.69, 9.17) is 4.74 Å². The maximum atomic E-state index is 13.1. The smallest absolute Gasteiger partial charge is 0.193 e. The first-order valence-corrected chi connectivity index (χ1v) is 9.96. The monoisotopic (exact) mass is 399 g/mol. The van der Waals surface area contributed by atoms with E-state index >= 15 is 0 Å². The number of rotatable bonds is 5. The molecule has 0 spiro atoms. The third-order valence-corrected chi connectivity index (χ3v) is 4.91. The highest BCUT2D eigenvalue weighted by Crippen LogP contribution is 2.18. The Labute approximate surface area is 172 Å². The molecule has 0 radical (unpaired) electrons. The summed E-state index contributed by atoms with van der Waals surface area (Å²) in [6.45, 7) is 7.17. The van der Waals surface area contributed by atoms with Crippen molar-refractivity contribution in [3.63, 3.8) is 0 Å². The molecule has 0 bridgehead atoms. The zero-order valence-corrected chi connectivity index (χ0v) is 17.6. The van der Waals surface area contributed by atoms with Gasteiger partial charge in [0.1, 0.15) is 11.6 Å². The topological polar surface area (TPSA) is 53.0 Å². The molecule has 0 amide bonds. The summed E-state index contributed by atoms with van der Waals surface area (Å²) in [5.74, 6) is 1.53. The first kappa shape index (κ1) is 21.0. The second kappa shape index (κ2) is 9.69. The lowest BCUT2D eigenvalue weighted by Crippen LogP contribution is -2.45. The van der Waals surface area contributed by atoms with Crippen molar-refractivity contribution in [2.75, 3.05) is 32.1 Å². The van der Waals surface area contributed by atoms with E-state index < -0.39 is 0 Å². The summed E-state index contributed by atoms with van der Waals surface area (Å²) in [6, 6.07) is 10.7. The summed E-state index contributed by atoms with van der Waals surface area (Å²) in [7, 11) is 3.71. The molecule has 1 saturated heterocycles. The van der Waals surface area contributed by atoms with Crippen LogP contribution in [-0.2, 0) is 17.8 Å². The lowest BCUT2D eigenvalue weighted by Gasteiger charge is -2.36. The molecule has 156 valence electrons. The van der Waals surface area contributed by atoms with Crippen molar-refractivity contribution in [2.24, 2.45) is 4.99 Å². The minimum Gasteiger partial charge on any atom is -0.372 e. The number of pyridine rings is 1. The standard InChI is InChI=1S/C22H30FN5O/c1-16-13-28(14-17(2)29-16)21-10-7-19(11-25-21)12-26-22(24-3)27(4)15-18-5-8-20(23)9-6-18/h5-11,16-17H,12-15H2,1-4H3,(H,24,26). The van der Waals surface area contributed by atoms with Crippen LogP contribution < -0.4 is 10.2 Å². The molecule has 0 aliphatic carbocycles. The minimum absolute atomic E-state index is 0.210. The number of nitrogens with zero attached hydrogens (tertiary/aromatic N) is 4. The highest BCUT2D eigenvalue weighted by molar-refractivity contribution is 5.79.